The lowest BCUT2D eigenvalue weighted by molar-refractivity contribution is 0.914. The number of anilines is 2. The predicted octanol–water partition coefficient (Wildman–Crippen LogP) is 3.11. The summed E-state index contributed by atoms with van der Waals surface area (Å²) < 4.78 is 0. The van der Waals surface area contributed by atoms with Gasteiger partial charge in [-0.2, -0.15) is 5.26 Å². The summed E-state index contributed by atoms with van der Waals surface area (Å²) in [6.45, 7) is 0.776. The number of aromatic nitrogens is 1. The van der Waals surface area contributed by atoms with Crippen LogP contribution >= 0.6 is 11.3 Å². The highest BCUT2D eigenvalue weighted by atomic mass is 32.1. The lowest BCUT2D eigenvalue weighted by Crippen LogP contribution is -2.16. The smallest absolute Gasteiger partial charge is 0.130 e. The van der Waals surface area contributed by atoms with Gasteiger partial charge in [-0.05, 0) is 30.4 Å². The van der Waals surface area contributed by atoms with Crippen LogP contribution in [0.3, 0.4) is 0 Å². The molecule has 1 aliphatic rings. The van der Waals surface area contributed by atoms with Crippen LogP contribution in [0.25, 0.3) is 0 Å². The van der Waals surface area contributed by atoms with Crippen molar-refractivity contribution in [3.05, 3.63) is 40.5 Å². The van der Waals surface area contributed by atoms with Crippen molar-refractivity contribution in [1.29, 1.82) is 5.26 Å². The van der Waals surface area contributed by atoms with Crippen LogP contribution < -0.4 is 10.6 Å². The SMILES string of the molecule is CN(Cc1cccnc1)c1sc(C#N)c(N)c1C1CC1. The maximum atomic E-state index is 9.18. The van der Waals surface area contributed by atoms with Crippen molar-refractivity contribution in [2.45, 2.75) is 25.3 Å². The van der Waals surface area contributed by atoms with E-state index in [1.807, 2.05) is 19.3 Å². The first-order chi connectivity index (χ1) is 9.70. The van der Waals surface area contributed by atoms with E-state index in [2.05, 4.69) is 22.0 Å². The lowest BCUT2D eigenvalue weighted by atomic mass is 10.1. The van der Waals surface area contributed by atoms with Gasteiger partial charge in [0.05, 0.1) is 10.7 Å². The number of hydrogen-bond donors (Lipinski definition) is 1. The largest absolute Gasteiger partial charge is 0.397 e. The number of nitrogen functional groups attached to an aromatic ring is 1. The molecule has 102 valence electrons. The second-order valence-corrected chi connectivity index (χ2v) is 6.17. The maximum absolute atomic E-state index is 9.18. The van der Waals surface area contributed by atoms with E-state index in [0.29, 0.717) is 16.5 Å². The highest BCUT2D eigenvalue weighted by Crippen LogP contribution is 2.51. The topological polar surface area (TPSA) is 65.9 Å². The van der Waals surface area contributed by atoms with E-state index >= 15 is 0 Å². The fourth-order valence-electron chi connectivity index (χ4n) is 2.41. The Labute approximate surface area is 122 Å². The molecule has 0 spiro atoms. The number of nitriles is 1. The van der Waals surface area contributed by atoms with Gasteiger partial charge in [-0.25, -0.2) is 0 Å². The Kier molecular flexibility index (Phi) is 3.33. The van der Waals surface area contributed by atoms with E-state index in [1.165, 1.54) is 29.7 Å². The monoisotopic (exact) mass is 284 g/mol. The predicted molar refractivity (Wildman–Crippen MR) is 81.8 cm³/mol. The van der Waals surface area contributed by atoms with Crippen molar-refractivity contribution in [3.8, 4) is 6.07 Å². The van der Waals surface area contributed by atoms with E-state index < -0.39 is 0 Å². The summed E-state index contributed by atoms with van der Waals surface area (Å²) in [5, 5.41) is 10.3. The number of hydrogen-bond acceptors (Lipinski definition) is 5. The van der Waals surface area contributed by atoms with Crippen LogP contribution in [0.5, 0.6) is 0 Å². The van der Waals surface area contributed by atoms with Crippen LogP contribution in [0.4, 0.5) is 10.7 Å². The van der Waals surface area contributed by atoms with Gasteiger partial charge in [-0.15, -0.1) is 11.3 Å². The molecule has 0 atom stereocenters. The number of thiophene rings is 1. The zero-order valence-corrected chi connectivity index (χ0v) is 12.2. The molecule has 0 aromatic carbocycles. The normalized spacial score (nSPS) is 14.0. The average molecular weight is 284 g/mol. The standard InChI is InChI=1S/C15H16N4S/c1-19(9-10-3-2-6-18-8-10)15-13(11-4-5-11)14(17)12(7-16)20-15/h2-3,6,8,11H,4-5,9,17H2,1H3. The molecule has 1 aliphatic carbocycles. The molecular weight excluding hydrogens is 268 g/mol. The Morgan fingerprint density at radius 2 is 2.35 bits per heavy atom. The van der Waals surface area contributed by atoms with E-state index in [-0.39, 0.29) is 0 Å². The molecule has 2 aromatic heterocycles. The summed E-state index contributed by atoms with van der Waals surface area (Å²) in [5.41, 5.74) is 9.16. The minimum Gasteiger partial charge on any atom is -0.397 e. The van der Waals surface area contributed by atoms with Crippen molar-refractivity contribution in [2.75, 3.05) is 17.7 Å². The highest BCUT2D eigenvalue weighted by molar-refractivity contribution is 7.17. The van der Waals surface area contributed by atoms with Gasteiger partial charge in [0, 0.05) is 31.5 Å². The molecule has 0 unspecified atom stereocenters. The first kappa shape index (κ1) is 12.9. The van der Waals surface area contributed by atoms with Crippen molar-refractivity contribution in [2.24, 2.45) is 0 Å². The van der Waals surface area contributed by atoms with Gasteiger partial charge in [0.1, 0.15) is 10.9 Å². The molecule has 0 radical (unpaired) electrons. The summed E-state index contributed by atoms with van der Waals surface area (Å²) in [5.74, 6) is 0.541. The highest BCUT2D eigenvalue weighted by Gasteiger charge is 2.32. The number of pyridine rings is 1. The quantitative estimate of drug-likeness (QED) is 0.936. The third-order valence-corrected chi connectivity index (χ3v) is 4.78. The number of nitrogens with zero attached hydrogens (tertiary/aromatic N) is 3. The summed E-state index contributed by atoms with van der Waals surface area (Å²) in [6.07, 6.45) is 6.00. The van der Waals surface area contributed by atoms with E-state index in [4.69, 9.17) is 5.73 Å². The van der Waals surface area contributed by atoms with Gasteiger partial charge < -0.3 is 10.6 Å². The van der Waals surface area contributed by atoms with Crippen molar-refractivity contribution in [1.82, 2.24) is 4.98 Å². The van der Waals surface area contributed by atoms with Crippen LogP contribution in [0.15, 0.2) is 24.5 Å². The summed E-state index contributed by atoms with van der Waals surface area (Å²) in [4.78, 5) is 6.95. The molecule has 0 amide bonds. The first-order valence-electron chi connectivity index (χ1n) is 6.63. The zero-order chi connectivity index (χ0) is 14.1. The first-order valence-corrected chi connectivity index (χ1v) is 7.44. The van der Waals surface area contributed by atoms with Gasteiger partial charge in [-0.3, -0.25) is 4.98 Å². The van der Waals surface area contributed by atoms with Crippen LogP contribution in [-0.4, -0.2) is 12.0 Å². The van der Waals surface area contributed by atoms with Crippen molar-refractivity contribution < 1.29 is 0 Å². The molecule has 1 saturated carbocycles. The molecule has 2 heterocycles. The van der Waals surface area contributed by atoms with Crippen LogP contribution in [-0.2, 0) is 6.54 Å². The second-order valence-electron chi connectivity index (χ2n) is 5.17. The van der Waals surface area contributed by atoms with E-state index in [9.17, 15) is 5.26 Å². The van der Waals surface area contributed by atoms with Crippen LogP contribution in [0.2, 0.25) is 0 Å². The molecule has 2 N–H and O–H groups in total. The molecule has 5 heteroatoms. The molecule has 0 bridgehead atoms. The zero-order valence-electron chi connectivity index (χ0n) is 11.3. The average Bonchev–Trinajstić information content (AvgIpc) is 3.23. The fourth-order valence-corrected chi connectivity index (χ4v) is 3.48. The Morgan fingerprint density at radius 1 is 1.55 bits per heavy atom. The Balaban J connectivity index is 1.91. The Bertz CT molecular complexity index is 653. The van der Waals surface area contributed by atoms with Crippen LogP contribution in [0.1, 0.15) is 34.8 Å². The van der Waals surface area contributed by atoms with Gasteiger partial charge >= 0.3 is 0 Å². The maximum Gasteiger partial charge on any atom is 0.130 e. The third-order valence-electron chi connectivity index (χ3n) is 3.54. The molecule has 0 saturated heterocycles. The summed E-state index contributed by atoms with van der Waals surface area (Å²) in [7, 11) is 2.05. The second kappa shape index (κ2) is 5.14. The Morgan fingerprint density at radius 3 is 2.95 bits per heavy atom. The summed E-state index contributed by atoms with van der Waals surface area (Å²) in [6, 6.07) is 6.21. The van der Waals surface area contributed by atoms with Crippen molar-refractivity contribution >= 4 is 22.0 Å². The minimum absolute atomic E-state index is 0.541. The van der Waals surface area contributed by atoms with Crippen LogP contribution in [0, 0.1) is 11.3 Å². The van der Waals surface area contributed by atoms with Gasteiger partial charge in [0.2, 0.25) is 0 Å². The third kappa shape index (κ3) is 2.35. The molecule has 3 rings (SSSR count). The van der Waals surface area contributed by atoms with E-state index in [0.717, 1.165) is 17.1 Å². The molecule has 0 aliphatic heterocycles. The number of rotatable bonds is 4. The van der Waals surface area contributed by atoms with Gasteiger partial charge in [-0.1, -0.05) is 6.07 Å². The molecule has 4 nitrogen and oxygen atoms in total. The van der Waals surface area contributed by atoms with Gasteiger partial charge in [0.25, 0.3) is 0 Å². The van der Waals surface area contributed by atoms with E-state index in [1.54, 1.807) is 6.20 Å². The Hall–Kier alpha value is -2.06. The molecule has 2 aromatic rings. The molecular formula is C15H16N4S. The minimum atomic E-state index is 0.541. The summed E-state index contributed by atoms with van der Waals surface area (Å²) >= 11 is 1.50. The number of nitrogens with two attached hydrogens (primary N) is 1. The lowest BCUT2D eigenvalue weighted by Gasteiger charge is -2.19. The fraction of sp³-hybridized carbons (Fsp3) is 0.333. The van der Waals surface area contributed by atoms with Gasteiger partial charge in [0.15, 0.2) is 0 Å². The molecule has 20 heavy (non-hydrogen) atoms. The van der Waals surface area contributed by atoms with Crippen molar-refractivity contribution in [3.63, 3.8) is 0 Å². The molecule has 1 fully saturated rings.